The van der Waals surface area contributed by atoms with Crippen LogP contribution < -0.4 is 10.6 Å². The first-order chi connectivity index (χ1) is 10.8. The number of hydrogen-bond acceptors (Lipinski definition) is 3. The summed E-state index contributed by atoms with van der Waals surface area (Å²) in [7, 11) is 0. The van der Waals surface area contributed by atoms with Crippen molar-refractivity contribution >= 4 is 11.8 Å². The number of halogens is 1. The number of nitrogens with one attached hydrogen (secondary N) is 2. The molecular formula is C17H25FN2O3. The molecule has 1 aromatic rings. The number of hydrogen-bond donors (Lipinski definition) is 3. The zero-order valence-corrected chi connectivity index (χ0v) is 13.8. The fourth-order valence-electron chi connectivity index (χ4n) is 2.16. The highest BCUT2D eigenvalue weighted by molar-refractivity contribution is 5.97. The van der Waals surface area contributed by atoms with Gasteiger partial charge in [0.1, 0.15) is 11.9 Å². The Labute approximate surface area is 136 Å². The number of benzene rings is 1. The number of rotatable bonds is 8. The molecule has 1 aromatic carbocycles. The van der Waals surface area contributed by atoms with Crippen LogP contribution in [0.5, 0.6) is 0 Å². The van der Waals surface area contributed by atoms with Gasteiger partial charge in [-0.05, 0) is 49.9 Å². The number of aliphatic hydroxyl groups excluding tert-OH is 1. The molecule has 2 unspecified atom stereocenters. The van der Waals surface area contributed by atoms with Gasteiger partial charge in [0.25, 0.3) is 5.91 Å². The van der Waals surface area contributed by atoms with Crippen molar-refractivity contribution in [1.29, 1.82) is 0 Å². The van der Waals surface area contributed by atoms with Gasteiger partial charge in [-0.15, -0.1) is 0 Å². The van der Waals surface area contributed by atoms with Crippen LogP contribution in [0.2, 0.25) is 0 Å². The van der Waals surface area contributed by atoms with Crippen LogP contribution in [-0.2, 0) is 4.79 Å². The minimum atomic E-state index is -0.677. The second-order valence-electron chi connectivity index (χ2n) is 5.98. The molecule has 0 fully saturated rings. The van der Waals surface area contributed by atoms with Gasteiger partial charge in [0.15, 0.2) is 0 Å². The molecule has 0 aliphatic carbocycles. The van der Waals surface area contributed by atoms with Crippen molar-refractivity contribution in [1.82, 2.24) is 10.6 Å². The van der Waals surface area contributed by atoms with Crippen molar-refractivity contribution in [3.05, 3.63) is 35.6 Å². The lowest BCUT2D eigenvalue weighted by atomic mass is 10.0. The normalized spacial score (nSPS) is 13.5. The molecule has 0 heterocycles. The van der Waals surface area contributed by atoms with Crippen molar-refractivity contribution in [3.63, 3.8) is 0 Å². The van der Waals surface area contributed by atoms with Gasteiger partial charge < -0.3 is 15.7 Å². The van der Waals surface area contributed by atoms with Crippen molar-refractivity contribution in [2.75, 3.05) is 6.61 Å². The quantitative estimate of drug-likeness (QED) is 0.683. The Morgan fingerprint density at radius 1 is 1.13 bits per heavy atom. The summed E-state index contributed by atoms with van der Waals surface area (Å²) in [6, 6.07) is 4.41. The lowest BCUT2D eigenvalue weighted by Gasteiger charge is -2.24. The molecule has 0 aliphatic heterocycles. The predicted octanol–water partition coefficient (Wildman–Crippen LogP) is 1.86. The second kappa shape index (κ2) is 9.25. The van der Waals surface area contributed by atoms with Crippen molar-refractivity contribution in [2.24, 2.45) is 5.92 Å². The van der Waals surface area contributed by atoms with E-state index in [4.69, 9.17) is 5.11 Å². The van der Waals surface area contributed by atoms with Crippen LogP contribution in [0.4, 0.5) is 4.39 Å². The van der Waals surface area contributed by atoms with E-state index < -0.39 is 17.8 Å². The minimum absolute atomic E-state index is 0.0785. The number of carbonyl (C=O) groups excluding carboxylic acids is 2. The number of carbonyl (C=O) groups is 2. The maximum atomic E-state index is 12.9. The van der Waals surface area contributed by atoms with E-state index in [9.17, 15) is 14.0 Å². The van der Waals surface area contributed by atoms with Gasteiger partial charge in [0.2, 0.25) is 5.91 Å². The van der Waals surface area contributed by atoms with Gasteiger partial charge in [-0.25, -0.2) is 4.39 Å². The molecule has 0 spiro atoms. The largest absolute Gasteiger partial charge is 0.396 e. The van der Waals surface area contributed by atoms with Gasteiger partial charge in [-0.1, -0.05) is 13.8 Å². The fraction of sp³-hybridized carbons (Fsp3) is 0.529. The average molecular weight is 324 g/mol. The Morgan fingerprint density at radius 2 is 1.74 bits per heavy atom. The molecule has 0 aliphatic rings. The van der Waals surface area contributed by atoms with E-state index in [1.807, 2.05) is 20.8 Å². The first-order valence-electron chi connectivity index (χ1n) is 7.82. The van der Waals surface area contributed by atoms with Gasteiger partial charge >= 0.3 is 0 Å². The minimum Gasteiger partial charge on any atom is -0.396 e. The molecule has 0 saturated carbocycles. The van der Waals surface area contributed by atoms with Gasteiger partial charge in [0.05, 0.1) is 0 Å². The number of amides is 2. The summed E-state index contributed by atoms with van der Waals surface area (Å²) in [6.45, 7) is 5.61. The van der Waals surface area contributed by atoms with Crippen LogP contribution in [0.15, 0.2) is 24.3 Å². The third-order valence-corrected chi connectivity index (χ3v) is 3.53. The SMILES string of the molecule is CC(CCCO)NC(=O)C(NC(=O)c1ccc(F)cc1)C(C)C. The van der Waals surface area contributed by atoms with Crippen molar-refractivity contribution in [2.45, 2.75) is 45.7 Å². The Morgan fingerprint density at radius 3 is 2.26 bits per heavy atom. The van der Waals surface area contributed by atoms with E-state index >= 15 is 0 Å². The molecule has 128 valence electrons. The Kier molecular flexibility index (Phi) is 7.68. The maximum absolute atomic E-state index is 12.9. The van der Waals surface area contributed by atoms with Gasteiger partial charge in [-0.2, -0.15) is 0 Å². The zero-order valence-electron chi connectivity index (χ0n) is 13.8. The Hall–Kier alpha value is -1.95. The van der Waals surface area contributed by atoms with E-state index in [0.717, 1.165) is 0 Å². The molecule has 1 rings (SSSR count). The van der Waals surface area contributed by atoms with Gasteiger partial charge in [0, 0.05) is 18.2 Å². The fourth-order valence-corrected chi connectivity index (χ4v) is 2.16. The smallest absolute Gasteiger partial charge is 0.251 e. The van der Waals surface area contributed by atoms with Crippen LogP contribution in [0.3, 0.4) is 0 Å². The highest BCUT2D eigenvalue weighted by Crippen LogP contribution is 2.07. The highest BCUT2D eigenvalue weighted by atomic mass is 19.1. The summed E-state index contributed by atoms with van der Waals surface area (Å²) in [5.74, 6) is -1.19. The molecule has 3 N–H and O–H groups in total. The summed E-state index contributed by atoms with van der Waals surface area (Å²) in [5.41, 5.74) is 0.304. The van der Waals surface area contributed by atoms with Crippen LogP contribution in [0.25, 0.3) is 0 Å². The second-order valence-corrected chi connectivity index (χ2v) is 5.98. The zero-order chi connectivity index (χ0) is 17.4. The lowest BCUT2D eigenvalue weighted by molar-refractivity contribution is -0.124. The Balaban J connectivity index is 2.68. The maximum Gasteiger partial charge on any atom is 0.251 e. The molecule has 0 aromatic heterocycles. The molecule has 5 nitrogen and oxygen atoms in total. The topological polar surface area (TPSA) is 78.4 Å². The van der Waals surface area contributed by atoms with Crippen LogP contribution in [-0.4, -0.2) is 35.6 Å². The van der Waals surface area contributed by atoms with E-state index in [2.05, 4.69) is 10.6 Å². The third kappa shape index (κ3) is 6.36. The average Bonchev–Trinajstić information content (AvgIpc) is 2.50. The lowest BCUT2D eigenvalue weighted by Crippen LogP contribution is -2.51. The molecule has 6 heteroatoms. The molecule has 23 heavy (non-hydrogen) atoms. The monoisotopic (exact) mass is 324 g/mol. The summed E-state index contributed by atoms with van der Waals surface area (Å²) in [6.07, 6.45) is 1.27. The summed E-state index contributed by atoms with van der Waals surface area (Å²) < 4.78 is 12.9. The van der Waals surface area contributed by atoms with Crippen LogP contribution in [0.1, 0.15) is 44.0 Å². The standard InChI is InChI=1S/C17H25FN2O3/c1-11(2)15(17(23)19-12(3)5-4-10-21)20-16(22)13-6-8-14(18)9-7-13/h6-9,11-12,15,21H,4-5,10H2,1-3H3,(H,19,23)(H,20,22). The van der Waals surface area contributed by atoms with Crippen LogP contribution in [0, 0.1) is 11.7 Å². The third-order valence-electron chi connectivity index (χ3n) is 3.53. The molecule has 0 radical (unpaired) electrons. The van der Waals surface area contributed by atoms with E-state index in [-0.39, 0.29) is 24.5 Å². The van der Waals surface area contributed by atoms with Crippen molar-refractivity contribution < 1.29 is 19.1 Å². The molecule has 2 amide bonds. The van der Waals surface area contributed by atoms with E-state index in [1.54, 1.807) is 0 Å². The number of aliphatic hydroxyl groups is 1. The summed E-state index contributed by atoms with van der Waals surface area (Å²) in [5, 5.41) is 14.3. The van der Waals surface area contributed by atoms with E-state index in [1.165, 1.54) is 24.3 Å². The van der Waals surface area contributed by atoms with Gasteiger partial charge in [-0.3, -0.25) is 9.59 Å². The predicted molar refractivity (Wildman–Crippen MR) is 86.4 cm³/mol. The van der Waals surface area contributed by atoms with Crippen LogP contribution >= 0.6 is 0 Å². The first-order valence-corrected chi connectivity index (χ1v) is 7.82. The molecular weight excluding hydrogens is 299 g/mol. The summed E-state index contributed by atoms with van der Waals surface area (Å²) in [4.78, 5) is 24.5. The molecule has 0 saturated heterocycles. The highest BCUT2D eigenvalue weighted by Gasteiger charge is 2.25. The summed E-state index contributed by atoms with van der Waals surface area (Å²) >= 11 is 0. The molecule has 2 atom stereocenters. The first kappa shape index (κ1) is 19.1. The van der Waals surface area contributed by atoms with Crippen molar-refractivity contribution in [3.8, 4) is 0 Å². The Bertz CT molecular complexity index is 517. The van der Waals surface area contributed by atoms with E-state index in [0.29, 0.717) is 18.4 Å². The molecule has 0 bridgehead atoms.